The Balaban J connectivity index is 2.03. The Labute approximate surface area is 150 Å². The standard InChI is InChI=1S/C16H28N6O2S/c1-17-15-12-8-10-21(4)11-13(12)18-16(19-15)14-7-5-6-9-22(14)25(23,24)20(2)3/h14H,5-11H2,1-4H3,(H,17,18,19)/t14-/m0/s1. The molecule has 1 fully saturated rings. The van der Waals surface area contributed by atoms with Gasteiger partial charge >= 0.3 is 0 Å². The first-order valence-corrected chi connectivity index (χ1v) is 10.2. The fraction of sp³-hybridized carbons (Fsp3) is 0.750. The number of nitrogens with zero attached hydrogens (tertiary/aromatic N) is 5. The quantitative estimate of drug-likeness (QED) is 0.848. The highest BCUT2D eigenvalue weighted by molar-refractivity contribution is 7.86. The maximum Gasteiger partial charge on any atom is 0.282 e. The maximum atomic E-state index is 12.7. The highest BCUT2D eigenvalue weighted by atomic mass is 32.2. The lowest BCUT2D eigenvalue weighted by molar-refractivity contribution is 0.232. The summed E-state index contributed by atoms with van der Waals surface area (Å²) < 4.78 is 28.3. The predicted molar refractivity (Wildman–Crippen MR) is 97.5 cm³/mol. The number of likely N-dealkylation sites (N-methyl/N-ethyl adjacent to an activating group) is 1. The third-order valence-electron chi connectivity index (χ3n) is 5.02. The molecule has 3 rings (SSSR count). The van der Waals surface area contributed by atoms with Crippen LogP contribution >= 0.6 is 0 Å². The summed E-state index contributed by atoms with van der Waals surface area (Å²) in [6.07, 6.45) is 3.52. The highest BCUT2D eigenvalue weighted by Crippen LogP contribution is 2.34. The van der Waals surface area contributed by atoms with Crippen molar-refractivity contribution in [2.24, 2.45) is 0 Å². The van der Waals surface area contributed by atoms with Crippen LogP contribution in [0.25, 0.3) is 0 Å². The van der Waals surface area contributed by atoms with Gasteiger partial charge in [0, 0.05) is 46.3 Å². The van der Waals surface area contributed by atoms with E-state index >= 15 is 0 Å². The van der Waals surface area contributed by atoms with E-state index in [9.17, 15) is 8.42 Å². The van der Waals surface area contributed by atoms with E-state index in [1.807, 2.05) is 7.05 Å². The number of hydrogen-bond acceptors (Lipinski definition) is 6. The Bertz CT molecular complexity index is 736. The van der Waals surface area contributed by atoms with Gasteiger partial charge in [-0.15, -0.1) is 0 Å². The molecule has 0 radical (unpaired) electrons. The van der Waals surface area contributed by atoms with Crippen molar-refractivity contribution in [3.8, 4) is 0 Å². The van der Waals surface area contributed by atoms with Crippen molar-refractivity contribution in [3.05, 3.63) is 17.1 Å². The van der Waals surface area contributed by atoms with Gasteiger partial charge in [0.25, 0.3) is 10.2 Å². The Kier molecular flexibility index (Phi) is 5.29. The minimum absolute atomic E-state index is 0.300. The summed E-state index contributed by atoms with van der Waals surface area (Å²) in [4.78, 5) is 11.7. The van der Waals surface area contributed by atoms with Gasteiger partial charge in [-0.25, -0.2) is 9.97 Å². The van der Waals surface area contributed by atoms with Crippen LogP contribution in [0.5, 0.6) is 0 Å². The van der Waals surface area contributed by atoms with Crippen LogP contribution in [0, 0.1) is 0 Å². The van der Waals surface area contributed by atoms with Crippen LogP contribution in [0.1, 0.15) is 42.4 Å². The van der Waals surface area contributed by atoms with Crippen LogP contribution in [-0.4, -0.2) is 73.2 Å². The van der Waals surface area contributed by atoms with Gasteiger partial charge < -0.3 is 10.2 Å². The topological polar surface area (TPSA) is 81.7 Å². The molecule has 25 heavy (non-hydrogen) atoms. The average Bonchev–Trinajstić information content (AvgIpc) is 2.60. The minimum atomic E-state index is -3.49. The molecule has 1 aromatic rings. The van der Waals surface area contributed by atoms with Crippen LogP contribution in [-0.2, 0) is 23.2 Å². The summed E-state index contributed by atoms with van der Waals surface area (Å²) in [6, 6.07) is -0.300. The van der Waals surface area contributed by atoms with Crippen molar-refractivity contribution in [1.82, 2.24) is 23.5 Å². The molecule has 2 aliphatic rings. The van der Waals surface area contributed by atoms with E-state index < -0.39 is 10.2 Å². The molecule has 1 saturated heterocycles. The largest absolute Gasteiger partial charge is 0.373 e. The van der Waals surface area contributed by atoms with Crippen LogP contribution in [0.4, 0.5) is 5.82 Å². The SMILES string of the molecule is CNc1nc([C@@H]2CCCCN2S(=O)(=O)N(C)C)nc2c1CCN(C)C2. The highest BCUT2D eigenvalue weighted by Gasteiger charge is 2.37. The molecule has 1 N–H and O–H groups in total. The van der Waals surface area contributed by atoms with E-state index in [2.05, 4.69) is 17.3 Å². The summed E-state index contributed by atoms with van der Waals surface area (Å²) in [7, 11) is 3.59. The summed E-state index contributed by atoms with van der Waals surface area (Å²) in [5.74, 6) is 1.45. The van der Waals surface area contributed by atoms with Gasteiger partial charge in [0.05, 0.1) is 11.7 Å². The van der Waals surface area contributed by atoms with E-state index in [1.54, 1.807) is 18.4 Å². The Hall–Kier alpha value is -1.29. The first-order valence-electron chi connectivity index (χ1n) is 8.80. The maximum absolute atomic E-state index is 12.7. The van der Waals surface area contributed by atoms with Gasteiger partial charge in [0.15, 0.2) is 0 Å². The zero-order valence-electron chi connectivity index (χ0n) is 15.5. The molecular formula is C16H28N6O2S. The molecule has 8 nitrogen and oxygen atoms in total. The van der Waals surface area contributed by atoms with Crippen LogP contribution in [0.2, 0.25) is 0 Å². The van der Waals surface area contributed by atoms with Crippen molar-refractivity contribution in [3.63, 3.8) is 0 Å². The molecule has 0 bridgehead atoms. The van der Waals surface area contributed by atoms with Gasteiger partial charge in [-0.3, -0.25) is 0 Å². The van der Waals surface area contributed by atoms with Crippen molar-refractivity contribution in [1.29, 1.82) is 0 Å². The Morgan fingerprint density at radius 1 is 1.20 bits per heavy atom. The van der Waals surface area contributed by atoms with Gasteiger partial charge in [0.1, 0.15) is 11.6 Å². The fourth-order valence-electron chi connectivity index (χ4n) is 3.59. The number of aromatic nitrogens is 2. The molecule has 0 aromatic carbocycles. The molecule has 9 heteroatoms. The molecule has 0 amide bonds. The molecule has 0 spiro atoms. The van der Waals surface area contributed by atoms with E-state index in [1.165, 1.54) is 4.31 Å². The first kappa shape index (κ1) is 18.5. The molecule has 2 aliphatic heterocycles. The van der Waals surface area contributed by atoms with E-state index in [4.69, 9.17) is 9.97 Å². The van der Waals surface area contributed by atoms with Crippen LogP contribution in [0.15, 0.2) is 0 Å². The number of rotatable bonds is 4. The molecule has 1 aromatic heterocycles. The number of piperidine rings is 1. The monoisotopic (exact) mass is 368 g/mol. The first-order chi connectivity index (χ1) is 11.8. The molecule has 0 aliphatic carbocycles. The third-order valence-corrected chi connectivity index (χ3v) is 6.97. The predicted octanol–water partition coefficient (Wildman–Crippen LogP) is 0.840. The Morgan fingerprint density at radius 3 is 2.64 bits per heavy atom. The molecule has 140 valence electrons. The average molecular weight is 369 g/mol. The Morgan fingerprint density at radius 2 is 1.96 bits per heavy atom. The summed E-state index contributed by atoms with van der Waals surface area (Å²) in [5.41, 5.74) is 2.16. The number of fused-ring (bicyclic) bond motifs is 1. The van der Waals surface area contributed by atoms with Crippen molar-refractivity contribution < 1.29 is 8.42 Å². The lowest BCUT2D eigenvalue weighted by atomic mass is 10.0. The van der Waals surface area contributed by atoms with E-state index in [0.29, 0.717) is 12.4 Å². The fourth-order valence-corrected chi connectivity index (χ4v) is 4.89. The van der Waals surface area contributed by atoms with Gasteiger partial charge in [0.2, 0.25) is 0 Å². The number of hydrogen-bond donors (Lipinski definition) is 1. The lowest BCUT2D eigenvalue weighted by Gasteiger charge is -2.36. The number of nitrogens with one attached hydrogen (secondary N) is 1. The number of anilines is 1. The smallest absolute Gasteiger partial charge is 0.282 e. The van der Waals surface area contributed by atoms with Gasteiger partial charge in [-0.1, -0.05) is 6.42 Å². The van der Waals surface area contributed by atoms with Gasteiger partial charge in [-0.2, -0.15) is 17.0 Å². The summed E-state index contributed by atoms with van der Waals surface area (Å²) >= 11 is 0. The molecule has 0 unspecified atom stereocenters. The summed E-state index contributed by atoms with van der Waals surface area (Å²) in [5, 5.41) is 3.18. The lowest BCUT2D eigenvalue weighted by Crippen LogP contribution is -2.45. The second kappa shape index (κ2) is 7.14. The molecule has 0 saturated carbocycles. The molecular weight excluding hydrogens is 340 g/mol. The second-order valence-corrected chi connectivity index (χ2v) is 9.10. The van der Waals surface area contributed by atoms with Gasteiger partial charge in [-0.05, 0) is 26.3 Å². The van der Waals surface area contributed by atoms with Crippen molar-refractivity contribution in [2.45, 2.75) is 38.3 Å². The van der Waals surface area contributed by atoms with E-state index in [-0.39, 0.29) is 6.04 Å². The minimum Gasteiger partial charge on any atom is -0.373 e. The van der Waals surface area contributed by atoms with Crippen molar-refractivity contribution >= 4 is 16.0 Å². The zero-order valence-corrected chi connectivity index (χ0v) is 16.3. The van der Waals surface area contributed by atoms with E-state index in [0.717, 1.165) is 55.8 Å². The zero-order chi connectivity index (χ0) is 18.2. The van der Waals surface area contributed by atoms with Crippen LogP contribution < -0.4 is 5.32 Å². The van der Waals surface area contributed by atoms with Crippen LogP contribution in [0.3, 0.4) is 0 Å². The van der Waals surface area contributed by atoms with Crippen molar-refractivity contribution in [2.75, 3.05) is 46.6 Å². The third kappa shape index (κ3) is 3.51. The molecule has 3 heterocycles. The second-order valence-electron chi connectivity index (χ2n) is 7.01. The summed E-state index contributed by atoms with van der Waals surface area (Å²) in [6.45, 7) is 2.27. The normalized spacial score (nSPS) is 22.8. The molecule has 1 atom stereocenters.